The molecule has 0 fully saturated rings. The molecule has 1 rings (SSSR count). The molecule has 98 valence electrons. The van der Waals surface area contributed by atoms with Crippen LogP contribution in [0.5, 0.6) is 0 Å². The smallest absolute Gasteiger partial charge is 0.259 e. The molecule has 6 heteroatoms. The maximum absolute atomic E-state index is 11.8. The van der Waals surface area contributed by atoms with Gasteiger partial charge in [0.2, 0.25) is 0 Å². The van der Waals surface area contributed by atoms with Crippen LogP contribution >= 0.6 is 0 Å². The molecular weight excluding hydrogens is 238 g/mol. The average molecular weight is 259 g/mol. The van der Waals surface area contributed by atoms with Crippen LogP contribution in [-0.4, -0.2) is 24.7 Å². The van der Waals surface area contributed by atoms with Crippen LogP contribution in [0.2, 0.25) is 0 Å². The van der Waals surface area contributed by atoms with Gasteiger partial charge >= 0.3 is 0 Å². The predicted molar refractivity (Wildman–Crippen MR) is 67.3 cm³/mol. The van der Waals surface area contributed by atoms with Crippen molar-refractivity contribution in [2.45, 2.75) is 51.1 Å². The third-order valence-electron chi connectivity index (χ3n) is 2.46. The van der Waals surface area contributed by atoms with Gasteiger partial charge in [-0.25, -0.2) is 13.1 Å². The number of hydrogen-bond donors (Lipinski definition) is 1. The number of nitrogens with one attached hydrogen (secondary N) is 1. The molecule has 0 aliphatic rings. The number of unbranched alkanes of at least 4 members (excludes halogenated alkanes) is 2. The fourth-order valence-corrected chi connectivity index (χ4v) is 2.41. The lowest BCUT2D eigenvalue weighted by Gasteiger charge is -2.05. The summed E-state index contributed by atoms with van der Waals surface area (Å²) >= 11 is 0. The highest BCUT2D eigenvalue weighted by molar-refractivity contribution is 7.89. The van der Waals surface area contributed by atoms with Crippen molar-refractivity contribution in [3.8, 4) is 0 Å². The molecule has 0 aliphatic carbocycles. The Labute approximate surface area is 103 Å². The summed E-state index contributed by atoms with van der Waals surface area (Å²) in [5.74, 6) is 0. The number of nitrogens with zero attached hydrogens (tertiary/aromatic N) is 2. The van der Waals surface area contributed by atoms with Crippen LogP contribution < -0.4 is 4.72 Å². The van der Waals surface area contributed by atoms with Crippen LogP contribution in [0.15, 0.2) is 17.3 Å². The van der Waals surface area contributed by atoms with Gasteiger partial charge in [0.15, 0.2) is 5.03 Å². The van der Waals surface area contributed by atoms with E-state index in [2.05, 4.69) is 16.7 Å². The van der Waals surface area contributed by atoms with Crippen molar-refractivity contribution >= 4 is 10.0 Å². The van der Waals surface area contributed by atoms with Gasteiger partial charge in [0, 0.05) is 18.8 Å². The van der Waals surface area contributed by atoms with E-state index in [0.29, 0.717) is 6.54 Å². The highest BCUT2D eigenvalue weighted by atomic mass is 32.2. The molecule has 1 aromatic rings. The second-order valence-electron chi connectivity index (χ2n) is 4.33. The van der Waals surface area contributed by atoms with Crippen LogP contribution in [0.1, 0.15) is 46.1 Å². The second kappa shape index (κ2) is 6.16. The maximum atomic E-state index is 11.8. The van der Waals surface area contributed by atoms with Gasteiger partial charge in [0.05, 0.1) is 0 Å². The molecule has 0 radical (unpaired) electrons. The average Bonchev–Trinajstić information content (AvgIpc) is 2.74. The van der Waals surface area contributed by atoms with Crippen molar-refractivity contribution in [3.63, 3.8) is 0 Å². The van der Waals surface area contributed by atoms with Crippen molar-refractivity contribution in [1.82, 2.24) is 14.5 Å². The van der Waals surface area contributed by atoms with E-state index < -0.39 is 10.0 Å². The first-order valence-corrected chi connectivity index (χ1v) is 7.50. The van der Waals surface area contributed by atoms with Gasteiger partial charge in [-0.2, -0.15) is 5.10 Å². The molecule has 1 N–H and O–H groups in total. The van der Waals surface area contributed by atoms with E-state index >= 15 is 0 Å². The van der Waals surface area contributed by atoms with Gasteiger partial charge in [0.25, 0.3) is 10.0 Å². The fraction of sp³-hybridized carbons (Fsp3) is 0.727. The Bertz CT molecular complexity index is 437. The molecule has 0 saturated carbocycles. The van der Waals surface area contributed by atoms with Crippen molar-refractivity contribution in [3.05, 3.63) is 12.3 Å². The fourth-order valence-electron chi connectivity index (χ4n) is 1.41. The van der Waals surface area contributed by atoms with E-state index in [1.165, 1.54) is 6.07 Å². The molecule has 0 spiro atoms. The molecule has 0 aliphatic heterocycles. The first-order valence-electron chi connectivity index (χ1n) is 6.02. The van der Waals surface area contributed by atoms with Crippen molar-refractivity contribution < 1.29 is 8.42 Å². The van der Waals surface area contributed by atoms with Crippen LogP contribution in [0, 0.1) is 0 Å². The highest BCUT2D eigenvalue weighted by Gasteiger charge is 2.17. The topological polar surface area (TPSA) is 64.0 Å². The lowest BCUT2D eigenvalue weighted by Crippen LogP contribution is -2.25. The quantitative estimate of drug-likeness (QED) is 0.761. The Kier molecular flexibility index (Phi) is 5.14. The molecule has 0 bridgehead atoms. The van der Waals surface area contributed by atoms with Gasteiger partial charge in [-0.15, -0.1) is 0 Å². The van der Waals surface area contributed by atoms with Gasteiger partial charge < -0.3 is 0 Å². The Balaban J connectivity index is 2.62. The Morgan fingerprint density at radius 2 is 2.12 bits per heavy atom. The number of aromatic nitrogens is 2. The zero-order valence-corrected chi connectivity index (χ0v) is 11.5. The predicted octanol–water partition coefficient (Wildman–Crippen LogP) is 1.93. The van der Waals surface area contributed by atoms with Crippen molar-refractivity contribution in [2.75, 3.05) is 6.54 Å². The number of hydrogen-bond acceptors (Lipinski definition) is 3. The third-order valence-corrected chi connectivity index (χ3v) is 3.81. The van der Waals surface area contributed by atoms with Crippen molar-refractivity contribution in [2.24, 2.45) is 0 Å². The summed E-state index contributed by atoms with van der Waals surface area (Å²) in [6.07, 6.45) is 4.65. The van der Waals surface area contributed by atoms with Crippen LogP contribution in [0.4, 0.5) is 0 Å². The van der Waals surface area contributed by atoms with Gasteiger partial charge in [0.1, 0.15) is 0 Å². The molecular formula is C11H21N3O2S. The zero-order valence-electron chi connectivity index (χ0n) is 10.7. The lowest BCUT2D eigenvalue weighted by molar-refractivity contribution is 0.513. The molecule has 1 aromatic heterocycles. The Morgan fingerprint density at radius 3 is 2.65 bits per heavy atom. The summed E-state index contributed by atoms with van der Waals surface area (Å²) in [5, 5.41) is 4.15. The lowest BCUT2D eigenvalue weighted by atomic mass is 10.3. The molecule has 0 amide bonds. The summed E-state index contributed by atoms with van der Waals surface area (Å²) in [7, 11) is -3.44. The summed E-state index contributed by atoms with van der Waals surface area (Å²) in [4.78, 5) is 0. The molecule has 0 atom stereocenters. The minimum atomic E-state index is -3.44. The van der Waals surface area contributed by atoms with E-state index in [1.54, 1.807) is 10.9 Å². The maximum Gasteiger partial charge on any atom is 0.259 e. The molecule has 0 aromatic carbocycles. The van der Waals surface area contributed by atoms with Crippen LogP contribution in [0.3, 0.4) is 0 Å². The van der Waals surface area contributed by atoms with E-state index in [9.17, 15) is 8.42 Å². The summed E-state index contributed by atoms with van der Waals surface area (Å²) in [5.41, 5.74) is 0. The zero-order chi connectivity index (χ0) is 12.9. The van der Waals surface area contributed by atoms with Gasteiger partial charge in [-0.05, 0) is 26.3 Å². The number of rotatable bonds is 7. The SMILES string of the molecule is CCCCCNS(=O)(=O)c1ccn(C(C)C)n1. The highest BCUT2D eigenvalue weighted by Crippen LogP contribution is 2.09. The standard InChI is InChI=1S/C11H21N3O2S/c1-4-5-6-8-12-17(15,16)11-7-9-14(13-11)10(2)3/h7,9-10,12H,4-6,8H2,1-3H3. The molecule has 5 nitrogen and oxygen atoms in total. The summed E-state index contributed by atoms with van der Waals surface area (Å²) in [6.45, 7) is 6.47. The van der Waals surface area contributed by atoms with E-state index in [0.717, 1.165) is 19.3 Å². The van der Waals surface area contributed by atoms with Gasteiger partial charge in [-0.1, -0.05) is 19.8 Å². The van der Waals surface area contributed by atoms with E-state index in [-0.39, 0.29) is 11.1 Å². The number of sulfonamides is 1. The first kappa shape index (κ1) is 14.2. The van der Waals surface area contributed by atoms with Crippen LogP contribution in [0.25, 0.3) is 0 Å². The Hall–Kier alpha value is -0.880. The summed E-state index contributed by atoms with van der Waals surface area (Å²) < 4.78 is 27.9. The van der Waals surface area contributed by atoms with Crippen molar-refractivity contribution in [1.29, 1.82) is 0 Å². The minimum absolute atomic E-state index is 0.0997. The minimum Gasteiger partial charge on any atom is -0.269 e. The normalized spacial score (nSPS) is 12.2. The Morgan fingerprint density at radius 1 is 1.41 bits per heavy atom. The first-order chi connectivity index (χ1) is 7.97. The van der Waals surface area contributed by atoms with Gasteiger partial charge in [-0.3, -0.25) is 4.68 Å². The molecule has 17 heavy (non-hydrogen) atoms. The largest absolute Gasteiger partial charge is 0.269 e. The molecule has 0 saturated heterocycles. The summed E-state index contributed by atoms with van der Waals surface area (Å²) in [6, 6.07) is 1.70. The molecule has 1 heterocycles. The molecule has 0 unspecified atom stereocenters. The second-order valence-corrected chi connectivity index (χ2v) is 6.05. The van der Waals surface area contributed by atoms with Crippen LogP contribution in [-0.2, 0) is 10.0 Å². The van der Waals surface area contributed by atoms with E-state index in [1.807, 2.05) is 13.8 Å². The monoisotopic (exact) mass is 259 g/mol. The van der Waals surface area contributed by atoms with E-state index in [4.69, 9.17) is 0 Å². The third kappa shape index (κ3) is 4.12.